The third kappa shape index (κ3) is 2.07. The number of hydrogen-bond acceptors (Lipinski definition) is 6. The molecule has 104 valence electrons. The minimum atomic E-state index is -0.765. The minimum Gasteiger partial charge on any atom is -0.387 e. The monoisotopic (exact) mass is 260 g/mol. The molecule has 3 saturated heterocycles. The molecule has 0 spiro atoms. The number of aliphatic hydroxyl groups is 1. The van der Waals surface area contributed by atoms with Gasteiger partial charge in [0.05, 0.1) is 6.61 Å². The first-order valence-electron chi connectivity index (χ1n) is 6.28. The van der Waals surface area contributed by atoms with E-state index in [-0.39, 0.29) is 6.10 Å². The molecule has 0 aromatic heterocycles. The number of rotatable bonds is 1. The molecule has 0 aliphatic carbocycles. The molecule has 0 aromatic rings. The topological polar surface area (TPSA) is 66.4 Å². The van der Waals surface area contributed by atoms with Crippen LogP contribution in [0.3, 0.4) is 0 Å². The normalized spacial score (nSPS) is 49.5. The molecular formula is C12H20O6. The standard InChI is InChI=1S/C12H20O6/c1-11(2)14-5-6(16-11)8-7(13)9-10(15-8)18-12(3,4)17-9/h6-10,13H,5H2,1-4H3/t6-,7-,8+,9-,10-/m1/s1. The van der Waals surface area contributed by atoms with Gasteiger partial charge in [-0.05, 0) is 27.7 Å². The smallest absolute Gasteiger partial charge is 0.190 e. The van der Waals surface area contributed by atoms with E-state index in [1.54, 1.807) is 13.8 Å². The van der Waals surface area contributed by atoms with Crippen molar-refractivity contribution in [2.24, 2.45) is 0 Å². The summed E-state index contributed by atoms with van der Waals surface area (Å²) in [6.45, 7) is 7.68. The summed E-state index contributed by atoms with van der Waals surface area (Å²) in [5.74, 6) is -1.35. The zero-order chi connectivity index (χ0) is 13.1. The molecule has 18 heavy (non-hydrogen) atoms. The summed E-state index contributed by atoms with van der Waals surface area (Å²) in [7, 11) is 0. The van der Waals surface area contributed by atoms with Crippen LogP contribution in [0.2, 0.25) is 0 Å². The third-order valence-corrected chi connectivity index (χ3v) is 3.45. The van der Waals surface area contributed by atoms with Crippen molar-refractivity contribution in [3.05, 3.63) is 0 Å². The summed E-state index contributed by atoms with van der Waals surface area (Å²) < 4.78 is 28.1. The fourth-order valence-electron chi connectivity index (χ4n) is 2.70. The van der Waals surface area contributed by atoms with Crippen molar-refractivity contribution in [3.63, 3.8) is 0 Å². The highest BCUT2D eigenvalue weighted by atomic mass is 16.8. The molecule has 5 atom stereocenters. The highest BCUT2D eigenvalue weighted by Crippen LogP contribution is 2.40. The summed E-state index contributed by atoms with van der Waals surface area (Å²) in [6, 6.07) is 0. The lowest BCUT2D eigenvalue weighted by Crippen LogP contribution is -2.42. The van der Waals surface area contributed by atoms with Gasteiger partial charge >= 0.3 is 0 Å². The maximum atomic E-state index is 10.3. The van der Waals surface area contributed by atoms with E-state index >= 15 is 0 Å². The largest absolute Gasteiger partial charge is 0.387 e. The fraction of sp³-hybridized carbons (Fsp3) is 1.00. The van der Waals surface area contributed by atoms with Crippen molar-refractivity contribution >= 4 is 0 Å². The van der Waals surface area contributed by atoms with Gasteiger partial charge in [-0.2, -0.15) is 0 Å². The second kappa shape index (κ2) is 3.88. The van der Waals surface area contributed by atoms with Crippen LogP contribution in [0, 0.1) is 0 Å². The Hall–Kier alpha value is -0.240. The van der Waals surface area contributed by atoms with Gasteiger partial charge in [0.15, 0.2) is 17.9 Å². The minimum absolute atomic E-state index is 0.295. The predicted molar refractivity (Wildman–Crippen MR) is 59.6 cm³/mol. The number of aliphatic hydroxyl groups excluding tert-OH is 1. The molecule has 6 nitrogen and oxygen atoms in total. The molecule has 0 amide bonds. The molecule has 6 heteroatoms. The molecule has 0 unspecified atom stereocenters. The van der Waals surface area contributed by atoms with E-state index in [0.717, 1.165) is 0 Å². The lowest BCUT2D eigenvalue weighted by molar-refractivity contribution is -0.232. The Morgan fingerprint density at radius 3 is 2.22 bits per heavy atom. The van der Waals surface area contributed by atoms with E-state index in [4.69, 9.17) is 23.7 Å². The van der Waals surface area contributed by atoms with Crippen molar-refractivity contribution in [1.29, 1.82) is 0 Å². The van der Waals surface area contributed by atoms with E-state index in [9.17, 15) is 5.11 Å². The molecule has 1 N–H and O–H groups in total. The second-order valence-electron chi connectivity index (χ2n) is 5.93. The Bertz CT molecular complexity index is 341. The first-order valence-corrected chi connectivity index (χ1v) is 6.28. The van der Waals surface area contributed by atoms with E-state index in [0.29, 0.717) is 6.61 Å². The fourth-order valence-corrected chi connectivity index (χ4v) is 2.70. The maximum absolute atomic E-state index is 10.3. The lowest BCUT2D eigenvalue weighted by atomic mass is 10.1. The summed E-state index contributed by atoms with van der Waals surface area (Å²) in [6.07, 6.45) is -2.53. The van der Waals surface area contributed by atoms with E-state index in [2.05, 4.69) is 0 Å². The van der Waals surface area contributed by atoms with E-state index in [1.807, 2.05) is 13.8 Å². The van der Waals surface area contributed by atoms with Gasteiger partial charge in [-0.25, -0.2) is 0 Å². The Kier molecular flexibility index (Phi) is 2.75. The number of fused-ring (bicyclic) bond motifs is 1. The predicted octanol–water partition coefficient (Wildman–Crippen LogP) is 0.375. The van der Waals surface area contributed by atoms with E-state index < -0.39 is 36.2 Å². The highest BCUT2D eigenvalue weighted by molar-refractivity contribution is 4.97. The number of ether oxygens (including phenoxy) is 5. The van der Waals surface area contributed by atoms with Crippen molar-refractivity contribution in [2.45, 2.75) is 70.0 Å². The maximum Gasteiger partial charge on any atom is 0.190 e. The number of hydrogen-bond donors (Lipinski definition) is 1. The zero-order valence-electron chi connectivity index (χ0n) is 11.1. The Morgan fingerprint density at radius 1 is 0.944 bits per heavy atom. The Morgan fingerprint density at radius 2 is 1.67 bits per heavy atom. The molecular weight excluding hydrogens is 240 g/mol. The van der Waals surface area contributed by atoms with Crippen molar-refractivity contribution in [1.82, 2.24) is 0 Å². The summed E-state index contributed by atoms with van der Waals surface area (Å²) in [5.41, 5.74) is 0. The average molecular weight is 260 g/mol. The van der Waals surface area contributed by atoms with Gasteiger partial charge in [-0.15, -0.1) is 0 Å². The Labute approximate surface area is 106 Å². The lowest BCUT2D eigenvalue weighted by Gasteiger charge is -2.26. The Balaban J connectivity index is 1.68. The molecule has 3 aliphatic heterocycles. The van der Waals surface area contributed by atoms with Gasteiger partial charge in [-0.3, -0.25) is 0 Å². The van der Waals surface area contributed by atoms with Crippen LogP contribution in [0.4, 0.5) is 0 Å². The van der Waals surface area contributed by atoms with Gasteiger partial charge in [-0.1, -0.05) is 0 Å². The van der Waals surface area contributed by atoms with Crippen LogP contribution in [0.1, 0.15) is 27.7 Å². The summed E-state index contributed by atoms with van der Waals surface area (Å²) in [5, 5.41) is 10.3. The molecule has 0 radical (unpaired) electrons. The van der Waals surface area contributed by atoms with Crippen LogP contribution in [0.15, 0.2) is 0 Å². The molecule has 0 aromatic carbocycles. The zero-order valence-corrected chi connectivity index (χ0v) is 11.1. The van der Waals surface area contributed by atoms with Crippen LogP contribution in [0.25, 0.3) is 0 Å². The second-order valence-corrected chi connectivity index (χ2v) is 5.93. The SMILES string of the molecule is CC1(C)O[C@H]2O[C@@H]([C@H]3COC(C)(C)O3)[C@@H](O)[C@H]2O1. The highest BCUT2D eigenvalue weighted by Gasteiger charge is 2.57. The van der Waals surface area contributed by atoms with Crippen molar-refractivity contribution in [3.8, 4) is 0 Å². The first kappa shape index (κ1) is 12.8. The molecule has 0 bridgehead atoms. The van der Waals surface area contributed by atoms with E-state index in [1.165, 1.54) is 0 Å². The van der Waals surface area contributed by atoms with Gasteiger partial charge in [0, 0.05) is 0 Å². The van der Waals surface area contributed by atoms with Crippen molar-refractivity contribution < 1.29 is 28.8 Å². The molecule has 3 fully saturated rings. The van der Waals surface area contributed by atoms with Crippen LogP contribution >= 0.6 is 0 Å². The summed E-state index contributed by atoms with van der Waals surface area (Å²) in [4.78, 5) is 0. The van der Waals surface area contributed by atoms with Crippen LogP contribution in [-0.2, 0) is 23.7 Å². The molecule has 3 rings (SSSR count). The van der Waals surface area contributed by atoms with Crippen LogP contribution in [-0.4, -0.2) is 54.0 Å². The molecule has 0 saturated carbocycles. The molecule has 3 heterocycles. The summed E-state index contributed by atoms with van der Waals surface area (Å²) >= 11 is 0. The van der Waals surface area contributed by atoms with Gasteiger partial charge in [0.25, 0.3) is 0 Å². The van der Waals surface area contributed by atoms with Crippen LogP contribution in [0.5, 0.6) is 0 Å². The third-order valence-electron chi connectivity index (χ3n) is 3.45. The van der Waals surface area contributed by atoms with Gasteiger partial charge in [0.1, 0.15) is 24.4 Å². The van der Waals surface area contributed by atoms with Gasteiger partial charge in [0.2, 0.25) is 0 Å². The first-order chi connectivity index (χ1) is 8.27. The quantitative estimate of drug-likeness (QED) is 0.735. The van der Waals surface area contributed by atoms with Crippen LogP contribution < -0.4 is 0 Å². The molecule has 3 aliphatic rings. The van der Waals surface area contributed by atoms with Gasteiger partial charge < -0.3 is 28.8 Å². The van der Waals surface area contributed by atoms with Crippen molar-refractivity contribution in [2.75, 3.05) is 6.61 Å². The average Bonchev–Trinajstić information content (AvgIpc) is 2.81.